The molecule has 1 aliphatic heterocycles. The van der Waals surface area contributed by atoms with Crippen LogP contribution in [0.4, 0.5) is 0 Å². The molecule has 1 saturated carbocycles. The van der Waals surface area contributed by atoms with Crippen molar-refractivity contribution in [2.24, 2.45) is 5.92 Å². The predicted octanol–water partition coefficient (Wildman–Crippen LogP) is 1.61. The summed E-state index contributed by atoms with van der Waals surface area (Å²) in [7, 11) is 0. The molecule has 0 amide bonds. The fraction of sp³-hybridized carbons (Fsp3) is 1.00. The summed E-state index contributed by atoms with van der Waals surface area (Å²) >= 11 is 0. The Morgan fingerprint density at radius 1 is 1.24 bits per heavy atom. The van der Waals surface area contributed by atoms with Crippen molar-refractivity contribution in [2.75, 3.05) is 26.2 Å². The lowest BCUT2D eigenvalue weighted by molar-refractivity contribution is 0.125. The van der Waals surface area contributed by atoms with Crippen molar-refractivity contribution >= 4 is 0 Å². The average Bonchev–Trinajstić information content (AvgIpc) is 3.15. The first-order chi connectivity index (χ1) is 8.15. The summed E-state index contributed by atoms with van der Waals surface area (Å²) < 4.78 is 0. The summed E-state index contributed by atoms with van der Waals surface area (Å²) in [6.07, 6.45) is 6.38. The second-order valence-electron chi connectivity index (χ2n) is 6.23. The van der Waals surface area contributed by atoms with Crippen LogP contribution in [0.1, 0.15) is 46.0 Å². The standard InChI is InChI=1S/C14H28N2O/c1-3-14(2,11-17)15-13-6-8-16(9-7-13)10-12-4-5-12/h12-13,15,17H,3-11H2,1-2H3. The van der Waals surface area contributed by atoms with Gasteiger partial charge >= 0.3 is 0 Å². The Kier molecular flexibility index (Phi) is 4.45. The summed E-state index contributed by atoms with van der Waals surface area (Å²) in [5.41, 5.74) is -0.0800. The van der Waals surface area contributed by atoms with Gasteiger partial charge in [0.1, 0.15) is 0 Å². The zero-order valence-corrected chi connectivity index (χ0v) is 11.4. The van der Waals surface area contributed by atoms with Gasteiger partial charge in [0.25, 0.3) is 0 Å². The van der Waals surface area contributed by atoms with Crippen LogP contribution in [0.25, 0.3) is 0 Å². The van der Waals surface area contributed by atoms with Crippen molar-refractivity contribution in [3.05, 3.63) is 0 Å². The van der Waals surface area contributed by atoms with Crippen molar-refractivity contribution in [3.8, 4) is 0 Å². The molecule has 1 aliphatic carbocycles. The van der Waals surface area contributed by atoms with Crippen molar-refractivity contribution in [1.82, 2.24) is 10.2 Å². The van der Waals surface area contributed by atoms with Crippen LogP contribution in [0.15, 0.2) is 0 Å². The van der Waals surface area contributed by atoms with E-state index in [2.05, 4.69) is 24.1 Å². The molecule has 1 unspecified atom stereocenters. The number of nitrogens with one attached hydrogen (secondary N) is 1. The number of aliphatic hydroxyl groups excluding tert-OH is 1. The largest absolute Gasteiger partial charge is 0.394 e. The summed E-state index contributed by atoms with van der Waals surface area (Å²) in [4.78, 5) is 2.62. The highest BCUT2D eigenvalue weighted by Crippen LogP contribution is 2.30. The molecule has 3 nitrogen and oxygen atoms in total. The van der Waals surface area contributed by atoms with Gasteiger partial charge in [-0.15, -0.1) is 0 Å². The molecule has 0 radical (unpaired) electrons. The summed E-state index contributed by atoms with van der Waals surface area (Å²) in [5, 5.41) is 13.1. The Morgan fingerprint density at radius 3 is 2.35 bits per heavy atom. The van der Waals surface area contributed by atoms with Crippen molar-refractivity contribution < 1.29 is 5.11 Å². The minimum absolute atomic E-state index is 0.0800. The average molecular weight is 240 g/mol. The highest BCUT2D eigenvalue weighted by molar-refractivity contribution is 4.88. The highest BCUT2D eigenvalue weighted by Gasteiger charge is 2.29. The molecule has 0 spiro atoms. The number of hydrogen-bond donors (Lipinski definition) is 2. The molecular weight excluding hydrogens is 212 g/mol. The fourth-order valence-corrected chi connectivity index (χ4v) is 2.68. The van der Waals surface area contributed by atoms with Crippen LogP contribution >= 0.6 is 0 Å². The van der Waals surface area contributed by atoms with Crippen LogP contribution in [0.2, 0.25) is 0 Å². The van der Waals surface area contributed by atoms with E-state index < -0.39 is 0 Å². The van der Waals surface area contributed by atoms with E-state index in [0.29, 0.717) is 6.04 Å². The van der Waals surface area contributed by atoms with E-state index in [1.807, 2.05) is 0 Å². The predicted molar refractivity (Wildman–Crippen MR) is 71.1 cm³/mol. The maximum Gasteiger partial charge on any atom is 0.0610 e. The Morgan fingerprint density at radius 2 is 1.88 bits per heavy atom. The number of nitrogens with zero attached hydrogens (tertiary/aromatic N) is 1. The molecule has 2 N–H and O–H groups in total. The number of piperidine rings is 1. The van der Waals surface area contributed by atoms with Gasteiger partial charge in [-0.05, 0) is 58.0 Å². The smallest absolute Gasteiger partial charge is 0.0610 e. The van der Waals surface area contributed by atoms with Crippen molar-refractivity contribution in [3.63, 3.8) is 0 Å². The normalized spacial score (nSPS) is 27.0. The van der Waals surface area contributed by atoms with E-state index in [1.165, 1.54) is 45.3 Å². The number of likely N-dealkylation sites (tertiary alicyclic amines) is 1. The van der Waals surface area contributed by atoms with E-state index in [1.54, 1.807) is 0 Å². The third-order valence-electron chi connectivity index (χ3n) is 4.48. The first-order valence-corrected chi connectivity index (χ1v) is 7.26. The first kappa shape index (κ1) is 13.3. The number of aliphatic hydroxyl groups is 1. The Hall–Kier alpha value is -0.120. The van der Waals surface area contributed by atoms with Crippen LogP contribution in [-0.4, -0.2) is 47.8 Å². The fourth-order valence-electron chi connectivity index (χ4n) is 2.68. The summed E-state index contributed by atoms with van der Waals surface area (Å²) in [6, 6.07) is 0.600. The van der Waals surface area contributed by atoms with Gasteiger partial charge in [0.2, 0.25) is 0 Å². The van der Waals surface area contributed by atoms with E-state index in [-0.39, 0.29) is 12.1 Å². The van der Waals surface area contributed by atoms with Gasteiger partial charge in [-0.25, -0.2) is 0 Å². The van der Waals surface area contributed by atoms with Gasteiger partial charge in [0, 0.05) is 18.1 Å². The van der Waals surface area contributed by atoms with Gasteiger partial charge in [-0.3, -0.25) is 0 Å². The second-order valence-corrected chi connectivity index (χ2v) is 6.23. The van der Waals surface area contributed by atoms with Gasteiger partial charge in [0.15, 0.2) is 0 Å². The Labute approximate surface area is 106 Å². The summed E-state index contributed by atoms with van der Waals surface area (Å²) in [5.74, 6) is 1.01. The molecule has 0 bridgehead atoms. The molecular formula is C14H28N2O. The molecule has 100 valence electrons. The van der Waals surface area contributed by atoms with Crippen LogP contribution in [0, 0.1) is 5.92 Å². The maximum atomic E-state index is 9.42. The van der Waals surface area contributed by atoms with Crippen LogP contribution in [0.5, 0.6) is 0 Å². The minimum atomic E-state index is -0.0800. The Bertz CT molecular complexity index is 228. The van der Waals surface area contributed by atoms with Crippen LogP contribution in [-0.2, 0) is 0 Å². The molecule has 2 rings (SSSR count). The molecule has 3 heteroatoms. The molecule has 1 atom stereocenters. The number of rotatable bonds is 6. The van der Waals surface area contributed by atoms with Crippen LogP contribution in [0.3, 0.4) is 0 Å². The number of hydrogen-bond acceptors (Lipinski definition) is 3. The van der Waals surface area contributed by atoms with E-state index in [9.17, 15) is 5.11 Å². The zero-order valence-electron chi connectivity index (χ0n) is 11.4. The first-order valence-electron chi connectivity index (χ1n) is 7.26. The molecule has 0 aromatic carbocycles. The highest BCUT2D eigenvalue weighted by atomic mass is 16.3. The monoisotopic (exact) mass is 240 g/mol. The SMILES string of the molecule is CCC(C)(CO)NC1CCN(CC2CC2)CC1. The summed E-state index contributed by atoms with van der Waals surface area (Å²) in [6.45, 7) is 8.32. The third-order valence-corrected chi connectivity index (χ3v) is 4.48. The van der Waals surface area contributed by atoms with Crippen molar-refractivity contribution in [2.45, 2.75) is 57.5 Å². The Balaban J connectivity index is 1.70. The molecule has 17 heavy (non-hydrogen) atoms. The van der Waals surface area contributed by atoms with E-state index in [0.717, 1.165) is 12.3 Å². The van der Waals surface area contributed by atoms with E-state index >= 15 is 0 Å². The lowest BCUT2D eigenvalue weighted by Gasteiger charge is -2.38. The second kappa shape index (κ2) is 5.68. The molecule has 2 aliphatic rings. The van der Waals surface area contributed by atoms with Gasteiger partial charge < -0.3 is 15.3 Å². The quantitative estimate of drug-likeness (QED) is 0.740. The zero-order chi connectivity index (χ0) is 12.3. The third kappa shape index (κ3) is 3.94. The molecule has 0 aromatic rings. The van der Waals surface area contributed by atoms with Gasteiger partial charge in [-0.1, -0.05) is 6.92 Å². The molecule has 2 fully saturated rings. The van der Waals surface area contributed by atoms with Crippen molar-refractivity contribution in [1.29, 1.82) is 0 Å². The lowest BCUT2D eigenvalue weighted by Crippen LogP contribution is -2.53. The minimum Gasteiger partial charge on any atom is -0.394 e. The van der Waals surface area contributed by atoms with Crippen LogP contribution < -0.4 is 5.32 Å². The topological polar surface area (TPSA) is 35.5 Å². The molecule has 0 aromatic heterocycles. The molecule has 1 saturated heterocycles. The van der Waals surface area contributed by atoms with Gasteiger partial charge in [0.05, 0.1) is 6.61 Å². The maximum absolute atomic E-state index is 9.42. The lowest BCUT2D eigenvalue weighted by atomic mass is 9.95. The van der Waals surface area contributed by atoms with E-state index in [4.69, 9.17) is 0 Å². The van der Waals surface area contributed by atoms with Gasteiger partial charge in [-0.2, -0.15) is 0 Å². The molecule has 1 heterocycles.